The molecule has 0 aliphatic carbocycles. The minimum Gasteiger partial charge on any atom is -0.293 e. The Balaban J connectivity index is 2.17. The molecule has 2 heterocycles. The molecule has 0 bridgehead atoms. The number of rotatable bonds is 2. The molecular formula is C15H24N2S. The highest BCUT2D eigenvalue weighted by Crippen LogP contribution is 2.27. The van der Waals surface area contributed by atoms with Crippen LogP contribution in [0.25, 0.3) is 0 Å². The number of aromatic nitrogens is 1. The highest BCUT2D eigenvalue weighted by Gasteiger charge is 2.21. The fourth-order valence-corrected chi connectivity index (χ4v) is 3.23. The van der Waals surface area contributed by atoms with Crippen LogP contribution in [0, 0.1) is 0 Å². The summed E-state index contributed by atoms with van der Waals surface area (Å²) in [5.74, 6) is 2.51. The van der Waals surface area contributed by atoms with E-state index in [-0.39, 0.29) is 5.41 Å². The highest BCUT2D eigenvalue weighted by atomic mass is 32.2. The van der Waals surface area contributed by atoms with Gasteiger partial charge < -0.3 is 0 Å². The lowest BCUT2D eigenvalue weighted by Crippen LogP contribution is -2.35. The molecular weight excluding hydrogens is 240 g/mol. The lowest BCUT2D eigenvalue weighted by Gasteiger charge is -2.32. The average Bonchev–Trinajstić information content (AvgIpc) is 2.38. The molecule has 0 N–H and O–H groups in total. The van der Waals surface area contributed by atoms with Crippen molar-refractivity contribution in [2.75, 3.05) is 24.6 Å². The SMILES string of the molecule is CC(c1cc(C(C)(C)C)ccn1)N1CCSCC1. The third kappa shape index (κ3) is 3.27. The van der Waals surface area contributed by atoms with E-state index in [0.29, 0.717) is 6.04 Å². The summed E-state index contributed by atoms with van der Waals surface area (Å²) in [6, 6.07) is 4.86. The Hall–Kier alpha value is -0.540. The fourth-order valence-electron chi connectivity index (χ4n) is 2.30. The van der Waals surface area contributed by atoms with E-state index in [1.165, 1.54) is 35.9 Å². The molecule has 0 radical (unpaired) electrons. The van der Waals surface area contributed by atoms with E-state index in [2.05, 4.69) is 61.5 Å². The number of nitrogens with zero attached hydrogens (tertiary/aromatic N) is 2. The van der Waals surface area contributed by atoms with Crippen molar-refractivity contribution in [2.24, 2.45) is 0 Å². The molecule has 1 atom stereocenters. The third-order valence-corrected chi connectivity index (χ3v) is 4.61. The van der Waals surface area contributed by atoms with E-state index >= 15 is 0 Å². The van der Waals surface area contributed by atoms with Gasteiger partial charge in [-0.1, -0.05) is 20.8 Å². The van der Waals surface area contributed by atoms with Crippen molar-refractivity contribution in [1.29, 1.82) is 0 Å². The molecule has 100 valence electrons. The lowest BCUT2D eigenvalue weighted by atomic mass is 9.87. The Kier molecular flexibility index (Phi) is 4.33. The van der Waals surface area contributed by atoms with Gasteiger partial charge in [-0.15, -0.1) is 0 Å². The molecule has 0 saturated carbocycles. The van der Waals surface area contributed by atoms with Crippen molar-refractivity contribution in [3.63, 3.8) is 0 Å². The molecule has 1 aromatic rings. The van der Waals surface area contributed by atoms with Crippen LogP contribution < -0.4 is 0 Å². The Morgan fingerprint density at radius 2 is 1.94 bits per heavy atom. The number of hydrogen-bond donors (Lipinski definition) is 0. The second-order valence-electron chi connectivity index (χ2n) is 6.04. The Bertz CT molecular complexity index is 392. The fraction of sp³-hybridized carbons (Fsp3) is 0.667. The van der Waals surface area contributed by atoms with Gasteiger partial charge in [0.15, 0.2) is 0 Å². The highest BCUT2D eigenvalue weighted by molar-refractivity contribution is 7.99. The predicted molar refractivity (Wildman–Crippen MR) is 80.3 cm³/mol. The summed E-state index contributed by atoms with van der Waals surface area (Å²) < 4.78 is 0. The topological polar surface area (TPSA) is 16.1 Å². The first-order valence-corrected chi connectivity index (χ1v) is 7.92. The molecule has 1 fully saturated rings. The quantitative estimate of drug-likeness (QED) is 0.813. The van der Waals surface area contributed by atoms with Gasteiger partial charge in [-0.3, -0.25) is 9.88 Å². The van der Waals surface area contributed by atoms with Gasteiger partial charge in [0.2, 0.25) is 0 Å². The minimum absolute atomic E-state index is 0.204. The molecule has 0 spiro atoms. The van der Waals surface area contributed by atoms with Crippen molar-refractivity contribution in [2.45, 2.75) is 39.2 Å². The van der Waals surface area contributed by atoms with Gasteiger partial charge in [-0.2, -0.15) is 11.8 Å². The van der Waals surface area contributed by atoms with Crippen molar-refractivity contribution in [3.8, 4) is 0 Å². The van der Waals surface area contributed by atoms with Crippen molar-refractivity contribution in [1.82, 2.24) is 9.88 Å². The summed E-state index contributed by atoms with van der Waals surface area (Å²) in [4.78, 5) is 7.13. The van der Waals surface area contributed by atoms with Crippen LogP contribution in [0.15, 0.2) is 18.3 Å². The molecule has 1 saturated heterocycles. The van der Waals surface area contributed by atoms with Crippen LogP contribution in [-0.2, 0) is 5.41 Å². The lowest BCUT2D eigenvalue weighted by molar-refractivity contribution is 0.229. The predicted octanol–water partition coefficient (Wildman–Crippen LogP) is 3.49. The zero-order valence-corrected chi connectivity index (χ0v) is 12.8. The number of thioether (sulfide) groups is 1. The van der Waals surface area contributed by atoms with Crippen molar-refractivity contribution >= 4 is 11.8 Å². The number of hydrogen-bond acceptors (Lipinski definition) is 3. The Morgan fingerprint density at radius 1 is 1.28 bits per heavy atom. The second kappa shape index (κ2) is 5.62. The van der Waals surface area contributed by atoms with Crippen LogP contribution >= 0.6 is 11.8 Å². The average molecular weight is 264 g/mol. The molecule has 18 heavy (non-hydrogen) atoms. The van der Waals surface area contributed by atoms with Crippen molar-refractivity contribution in [3.05, 3.63) is 29.6 Å². The van der Waals surface area contributed by atoms with Gasteiger partial charge in [0.25, 0.3) is 0 Å². The second-order valence-corrected chi connectivity index (χ2v) is 7.27. The van der Waals surface area contributed by atoms with Crippen LogP contribution in [-0.4, -0.2) is 34.5 Å². The summed E-state index contributed by atoms with van der Waals surface area (Å²) >= 11 is 2.06. The van der Waals surface area contributed by atoms with Crippen LogP contribution in [0.5, 0.6) is 0 Å². The zero-order chi connectivity index (χ0) is 13.2. The van der Waals surface area contributed by atoms with E-state index in [1.54, 1.807) is 0 Å². The van der Waals surface area contributed by atoms with Gasteiger partial charge >= 0.3 is 0 Å². The molecule has 1 aliphatic rings. The van der Waals surface area contributed by atoms with Gasteiger partial charge in [0, 0.05) is 36.8 Å². The maximum Gasteiger partial charge on any atom is 0.0575 e. The normalized spacial score (nSPS) is 19.8. The maximum atomic E-state index is 4.58. The van der Waals surface area contributed by atoms with E-state index in [0.717, 1.165) is 0 Å². The molecule has 1 aliphatic heterocycles. The largest absolute Gasteiger partial charge is 0.293 e. The molecule has 2 nitrogen and oxygen atoms in total. The summed E-state index contributed by atoms with van der Waals surface area (Å²) in [5.41, 5.74) is 2.80. The molecule has 1 aromatic heterocycles. The third-order valence-electron chi connectivity index (χ3n) is 3.67. The first-order valence-electron chi connectivity index (χ1n) is 6.77. The van der Waals surface area contributed by atoms with Crippen LogP contribution in [0.2, 0.25) is 0 Å². The van der Waals surface area contributed by atoms with Crippen LogP contribution in [0.1, 0.15) is 45.0 Å². The van der Waals surface area contributed by atoms with Crippen LogP contribution in [0.3, 0.4) is 0 Å². The Labute approximate surface area is 115 Å². The Morgan fingerprint density at radius 3 is 2.56 bits per heavy atom. The molecule has 1 unspecified atom stereocenters. The van der Waals surface area contributed by atoms with Gasteiger partial charge in [-0.05, 0) is 30.0 Å². The first kappa shape index (κ1) is 13.9. The van der Waals surface area contributed by atoms with E-state index in [9.17, 15) is 0 Å². The van der Waals surface area contributed by atoms with Gasteiger partial charge in [0.1, 0.15) is 0 Å². The van der Waals surface area contributed by atoms with E-state index in [1.807, 2.05) is 6.20 Å². The summed E-state index contributed by atoms with van der Waals surface area (Å²) in [6.07, 6.45) is 1.96. The van der Waals surface area contributed by atoms with Gasteiger partial charge in [0.05, 0.1) is 5.69 Å². The maximum absolute atomic E-state index is 4.58. The summed E-state index contributed by atoms with van der Waals surface area (Å²) in [7, 11) is 0. The van der Waals surface area contributed by atoms with E-state index in [4.69, 9.17) is 0 Å². The first-order chi connectivity index (χ1) is 8.48. The standard InChI is InChI=1S/C15H24N2S/c1-12(17-7-9-18-10-8-17)14-11-13(5-6-16-14)15(2,3)4/h5-6,11-12H,7-10H2,1-4H3. The minimum atomic E-state index is 0.204. The van der Waals surface area contributed by atoms with Crippen LogP contribution in [0.4, 0.5) is 0 Å². The summed E-state index contributed by atoms with van der Waals surface area (Å²) in [6.45, 7) is 11.4. The zero-order valence-electron chi connectivity index (χ0n) is 11.9. The summed E-state index contributed by atoms with van der Waals surface area (Å²) in [5, 5.41) is 0. The monoisotopic (exact) mass is 264 g/mol. The molecule has 2 rings (SSSR count). The number of pyridine rings is 1. The molecule has 0 aromatic carbocycles. The van der Waals surface area contributed by atoms with Crippen molar-refractivity contribution < 1.29 is 0 Å². The molecule has 3 heteroatoms. The van der Waals surface area contributed by atoms with E-state index < -0.39 is 0 Å². The smallest absolute Gasteiger partial charge is 0.0575 e. The molecule has 0 amide bonds. The van der Waals surface area contributed by atoms with Gasteiger partial charge in [-0.25, -0.2) is 0 Å².